The lowest BCUT2D eigenvalue weighted by atomic mass is 9.97. The van der Waals surface area contributed by atoms with Crippen LogP contribution in [0.3, 0.4) is 0 Å². The Bertz CT molecular complexity index is 1240. The van der Waals surface area contributed by atoms with Crippen molar-refractivity contribution in [3.8, 4) is 11.3 Å². The van der Waals surface area contributed by atoms with E-state index >= 15 is 0 Å². The number of aryl methyl sites for hydroxylation is 1. The van der Waals surface area contributed by atoms with E-state index in [-0.39, 0.29) is 10.5 Å². The summed E-state index contributed by atoms with van der Waals surface area (Å²) in [6.45, 7) is 4.53. The second kappa shape index (κ2) is 8.57. The van der Waals surface area contributed by atoms with E-state index in [0.717, 1.165) is 42.4 Å². The zero-order valence-corrected chi connectivity index (χ0v) is 19.1. The second-order valence-electron chi connectivity index (χ2n) is 8.60. The third-order valence-electron chi connectivity index (χ3n) is 6.33. The number of benzene rings is 2. The minimum absolute atomic E-state index is 0.147. The minimum atomic E-state index is -3.55. The Morgan fingerprint density at radius 2 is 1.74 bits per heavy atom. The predicted molar refractivity (Wildman–Crippen MR) is 125 cm³/mol. The molecule has 0 radical (unpaired) electrons. The van der Waals surface area contributed by atoms with Crippen molar-refractivity contribution < 1.29 is 8.42 Å². The largest absolute Gasteiger partial charge is 0.321 e. The van der Waals surface area contributed by atoms with Gasteiger partial charge in [0, 0.05) is 24.7 Å². The van der Waals surface area contributed by atoms with Crippen LogP contribution in [0.25, 0.3) is 22.0 Å². The SMILES string of the molecule is Cc1cccc2c(=O)[nH]c(-c3ccc(S(=O)(=O)N(C)CC4CCN(C)CC4)cc3)cc12. The van der Waals surface area contributed by atoms with E-state index < -0.39 is 10.0 Å². The Balaban J connectivity index is 1.57. The average Bonchev–Trinajstić information content (AvgIpc) is 2.76. The van der Waals surface area contributed by atoms with Crippen LogP contribution in [-0.2, 0) is 10.0 Å². The van der Waals surface area contributed by atoms with Crippen molar-refractivity contribution in [3.05, 3.63) is 64.4 Å². The molecule has 1 aliphatic heterocycles. The van der Waals surface area contributed by atoms with Gasteiger partial charge in [0.25, 0.3) is 5.56 Å². The van der Waals surface area contributed by atoms with Crippen LogP contribution >= 0.6 is 0 Å². The van der Waals surface area contributed by atoms with Crippen LogP contribution in [0.1, 0.15) is 18.4 Å². The quantitative estimate of drug-likeness (QED) is 0.661. The van der Waals surface area contributed by atoms with E-state index in [1.807, 2.05) is 25.1 Å². The van der Waals surface area contributed by atoms with Crippen LogP contribution in [0.2, 0.25) is 0 Å². The molecule has 164 valence electrons. The molecule has 2 aromatic carbocycles. The van der Waals surface area contributed by atoms with Crippen LogP contribution < -0.4 is 5.56 Å². The first-order valence-electron chi connectivity index (χ1n) is 10.6. The first-order chi connectivity index (χ1) is 14.8. The average molecular weight is 440 g/mol. The molecule has 0 unspecified atom stereocenters. The summed E-state index contributed by atoms with van der Waals surface area (Å²) in [5, 5.41) is 1.55. The number of hydrogen-bond acceptors (Lipinski definition) is 4. The maximum Gasteiger partial charge on any atom is 0.256 e. The zero-order valence-electron chi connectivity index (χ0n) is 18.3. The van der Waals surface area contributed by atoms with Crippen LogP contribution in [0.4, 0.5) is 0 Å². The van der Waals surface area contributed by atoms with Crippen molar-refractivity contribution in [2.75, 3.05) is 33.7 Å². The Labute approximate surface area is 183 Å². The third kappa shape index (κ3) is 4.44. The van der Waals surface area contributed by atoms with Crippen molar-refractivity contribution in [3.63, 3.8) is 0 Å². The van der Waals surface area contributed by atoms with E-state index in [1.165, 1.54) is 4.31 Å². The topological polar surface area (TPSA) is 73.5 Å². The highest BCUT2D eigenvalue weighted by atomic mass is 32.2. The fourth-order valence-corrected chi connectivity index (χ4v) is 5.54. The Hall–Kier alpha value is -2.48. The fourth-order valence-electron chi connectivity index (χ4n) is 4.29. The molecule has 1 N–H and O–H groups in total. The molecule has 0 spiro atoms. The lowest BCUT2D eigenvalue weighted by Gasteiger charge is -2.31. The number of aromatic nitrogens is 1. The summed E-state index contributed by atoms with van der Waals surface area (Å²) in [7, 11) is 0.205. The van der Waals surface area contributed by atoms with E-state index in [4.69, 9.17) is 0 Å². The minimum Gasteiger partial charge on any atom is -0.321 e. The summed E-state index contributed by atoms with van der Waals surface area (Å²) in [5.74, 6) is 0.390. The number of rotatable bonds is 5. The number of fused-ring (bicyclic) bond motifs is 1. The van der Waals surface area contributed by atoms with Crippen molar-refractivity contribution in [2.45, 2.75) is 24.7 Å². The highest BCUT2D eigenvalue weighted by molar-refractivity contribution is 7.89. The van der Waals surface area contributed by atoms with Gasteiger partial charge in [0.15, 0.2) is 0 Å². The predicted octanol–water partition coefficient (Wildman–Crippen LogP) is 3.47. The molecule has 1 fully saturated rings. The molecule has 0 aliphatic carbocycles. The summed E-state index contributed by atoms with van der Waals surface area (Å²) in [6.07, 6.45) is 2.04. The molecule has 7 heteroatoms. The number of H-pyrrole nitrogens is 1. The van der Waals surface area contributed by atoms with Gasteiger partial charge in [0.05, 0.1) is 4.90 Å². The van der Waals surface area contributed by atoms with Crippen LogP contribution in [-0.4, -0.2) is 56.3 Å². The molecule has 1 aromatic heterocycles. The molecule has 3 aromatic rings. The van der Waals surface area contributed by atoms with Crippen LogP contribution in [0, 0.1) is 12.8 Å². The van der Waals surface area contributed by atoms with E-state index in [1.54, 1.807) is 37.4 Å². The lowest BCUT2D eigenvalue weighted by molar-refractivity contribution is 0.202. The summed E-state index contributed by atoms with van der Waals surface area (Å²) >= 11 is 0. The van der Waals surface area contributed by atoms with Gasteiger partial charge in [0.2, 0.25) is 10.0 Å². The zero-order chi connectivity index (χ0) is 22.2. The first-order valence-corrected chi connectivity index (χ1v) is 12.1. The van der Waals surface area contributed by atoms with Gasteiger partial charge in [-0.2, -0.15) is 0 Å². The molecular weight excluding hydrogens is 410 g/mol. The molecule has 6 nitrogen and oxygen atoms in total. The van der Waals surface area contributed by atoms with Crippen molar-refractivity contribution in [1.29, 1.82) is 0 Å². The van der Waals surface area contributed by atoms with Gasteiger partial charge < -0.3 is 9.88 Å². The van der Waals surface area contributed by atoms with Gasteiger partial charge in [-0.15, -0.1) is 0 Å². The number of aromatic amines is 1. The molecule has 0 saturated carbocycles. The van der Waals surface area contributed by atoms with Gasteiger partial charge in [-0.05, 0) is 86.6 Å². The van der Waals surface area contributed by atoms with Gasteiger partial charge >= 0.3 is 0 Å². The monoisotopic (exact) mass is 439 g/mol. The second-order valence-corrected chi connectivity index (χ2v) is 10.6. The highest BCUT2D eigenvalue weighted by Gasteiger charge is 2.25. The lowest BCUT2D eigenvalue weighted by Crippen LogP contribution is -2.37. The number of pyridine rings is 1. The fraction of sp³-hybridized carbons (Fsp3) is 0.375. The Morgan fingerprint density at radius 1 is 1.06 bits per heavy atom. The van der Waals surface area contributed by atoms with E-state index in [9.17, 15) is 13.2 Å². The van der Waals surface area contributed by atoms with Crippen molar-refractivity contribution in [1.82, 2.24) is 14.2 Å². The first kappa shape index (κ1) is 21.7. The van der Waals surface area contributed by atoms with Gasteiger partial charge in [0.1, 0.15) is 0 Å². The molecule has 4 rings (SSSR count). The molecule has 0 atom stereocenters. The van der Waals surface area contributed by atoms with Crippen molar-refractivity contribution >= 4 is 20.8 Å². The Kier molecular flexibility index (Phi) is 6.01. The third-order valence-corrected chi connectivity index (χ3v) is 8.17. The molecule has 1 saturated heterocycles. The number of piperidine rings is 1. The molecular formula is C24H29N3O3S. The number of hydrogen-bond donors (Lipinski definition) is 1. The van der Waals surface area contributed by atoms with E-state index in [2.05, 4.69) is 16.9 Å². The molecule has 31 heavy (non-hydrogen) atoms. The molecule has 0 amide bonds. The number of nitrogens with zero attached hydrogens (tertiary/aromatic N) is 2. The molecule has 1 aliphatic rings. The number of nitrogens with one attached hydrogen (secondary N) is 1. The summed E-state index contributed by atoms with van der Waals surface area (Å²) < 4.78 is 27.6. The number of likely N-dealkylation sites (tertiary alicyclic amines) is 1. The van der Waals surface area contributed by atoms with Crippen molar-refractivity contribution in [2.24, 2.45) is 5.92 Å². The smallest absolute Gasteiger partial charge is 0.256 e. The standard InChI is InChI=1S/C24H29N3O3S/c1-17-5-4-6-21-22(17)15-23(25-24(21)28)19-7-9-20(10-8-19)31(29,30)27(3)16-18-11-13-26(2)14-12-18/h4-10,15,18H,11-14,16H2,1-3H3,(H,25,28). The van der Waals surface area contributed by atoms with Crippen LogP contribution in [0.5, 0.6) is 0 Å². The summed E-state index contributed by atoms with van der Waals surface area (Å²) in [5.41, 5.74) is 2.33. The van der Waals surface area contributed by atoms with Crippen LogP contribution in [0.15, 0.2) is 58.2 Å². The maximum absolute atomic E-state index is 13.0. The summed E-state index contributed by atoms with van der Waals surface area (Å²) in [6, 6.07) is 14.3. The van der Waals surface area contributed by atoms with E-state index in [0.29, 0.717) is 23.5 Å². The van der Waals surface area contributed by atoms with Gasteiger partial charge in [-0.3, -0.25) is 4.79 Å². The Morgan fingerprint density at radius 3 is 2.42 bits per heavy atom. The highest BCUT2D eigenvalue weighted by Crippen LogP contribution is 2.25. The molecule has 0 bridgehead atoms. The maximum atomic E-state index is 13.0. The molecule has 2 heterocycles. The van der Waals surface area contributed by atoms with Gasteiger partial charge in [-0.1, -0.05) is 24.3 Å². The van der Waals surface area contributed by atoms with Gasteiger partial charge in [-0.25, -0.2) is 12.7 Å². The number of sulfonamides is 1. The summed E-state index contributed by atoms with van der Waals surface area (Å²) in [4.78, 5) is 18.0. The normalized spacial score (nSPS) is 16.3.